The fraction of sp³-hybridized carbons (Fsp3) is 0.118. The Morgan fingerprint density at radius 2 is 1.88 bits per heavy atom. The minimum absolute atomic E-state index is 0.261. The van der Waals surface area contributed by atoms with E-state index < -0.39 is 0 Å². The summed E-state index contributed by atoms with van der Waals surface area (Å²) < 4.78 is 18.7. The lowest BCUT2D eigenvalue weighted by Gasteiger charge is -2.07. The number of hydrogen-bond acceptors (Lipinski definition) is 5. The number of furan rings is 1. The molecule has 0 aliphatic carbocycles. The summed E-state index contributed by atoms with van der Waals surface area (Å²) >= 11 is 0. The maximum absolute atomic E-state index is 13.5. The highest BCUT2D eigenvalue weighted by Crippen LogP contribution is 2.09. The molecule has 2 aromatic heterocycles. The lowest BCUT2D eigenvalue weighted by atomic mass is 10.2. The van der Waals surface area contributed by atoms with Crippen LogP contribution in [-0.2, 0) is 13.1 Å². The molecule has 0 aliphatic heterocycles. The van der Waals surface area contributed by atoms with Crippen molar-refractivity contribution in [2.24, 2.45) is 0 Å². The summed E-state index contributed by atoms with van der Waals surface area (Å²) in [6.07, 6.45) is 4.36. The van der Waals surface area contributed by atoms with Gasteiger partial charge in [0.15, 0.2) is 0 Å². The summed E-state index contributed by atoms with van der Waals surface area (Å²) in [4.78, 5) is 20.1. The third-order valence-electron chi connectivity index (χ3n) is 3.31. The smallest absolute Gasteiger partial charge is 0.254 e. The van der Waals surface area contributed by atoms with Gasteiger partial charge in [-0.1, -0.05) is 18.2 Å². The molecule has 7 heteroatoms. The molecule has 0 radical (unpaired) electrons. The van der Waals surface area contributed by atoms with Crippen molar-refractivity contribution in [2.75, 3.05) is 5.32 Å². The van der Waals surface area contributed by atoms with Crippen LogP contribution in [0.1, 0.15) is 21.7 Å². The Hall–Kier alpha value is -3.22. The van der Waals surface area contributed by atoms with E-state index in [9.17, 15) is 9.18 Å². The van der Waals surface area contributed by atoms with Gasteiger partial charge < -0.3 is 15.1 Å². The second-order valence-corrected chi connectivity index (χ2v) is 5.00. The zero-order chi connectivity index (χ0) is 16.8. The normalized spacial score (nSPS) is 10.4. The topological polar surface area (TPSA) is 80.0 Å². The van der Waals surface area contributed by atoms with E-state index in [0.29, 0.717) is 29.4 Å². The molecule has 3 aromatic rings. The molecule has 0 aliphatic rings. The van der Waals surface area contributed by atoms with Gasteiger partial charge in [-0.3, -0.25) is 4.79 Å². The number of hydrogen-bond donors (Lipinski definition) is 2. The van der Waals surface area contributed by atoms with Crippen molar-refractivity contribution < 1.29 is 13.6 Å². The van der Waals surface area contributed by atoms with Gasteiger partial charge in [0, 0.05) is 24.5 Å². The first-order valence-electron chi connectivity index (χ1n) is 7.32. The van der Waals surface area contributed by atoms with Crippen LogP contribution < -0.4 is 10.6 Å². The summed E-state index contributed by atoms with van der Waals surface area (Å²) in [5.74, 6) is 0.388. The molecule has 0 spiro atoms. The lowest BCUT2D eigenvalue weighted by molar-refractivity contribution is 0.0947. The van der Waals surface area contributed by atoms with Gasteiger partial charge in [-0.05, 0) is 18.2 Å². The molecule has 2 N–H and O–H groups in total. The molecule has 0 saturated heterocycles. The Morgan fingerprint density at radius 1 is 1.08 bits per heavy atom. The quantitative estimate of drug-likeness (QED) is 0.728. The van der Waals surface area contributed by atoms with Gasteiger partial charge in [-0.25, -0.2) is 14.4 Å². The molecule has 3 rings (SSSR count). The molecule has 1 amide bonds. The van der Waals surface area contributed by atoms with Crippen LogP contribution in [0.3, 0.4) is 0 Å². The first kappa shape index (κ1) is 15.7. The number of nitrogens with zero attached hydrogens (tertiary/aromatic N) is 2. The lowest BCUT2D eigenvalue weighted by Crippen LogP contribution is -2.23. The number of carbonyl (C=O) groups excluding carboxylic acids is 1. The average molecular weight is 326 g/mol. The molecule has 2 heterocycles. The summed E-state index contributed by atoms with van der Waals surface area (Å²) in [6, 6.07) is 9.98. The van der Waals surface area contributed by atoms with Crippen molar-refractivity contribution in [3.63, 3.8) is 0 Å². The highest BCUT2D eigenvalue weighted by molar-refractivity contribution is 5.93. The van der Waals surface area contributed by atoms with Crippen LogP contribution in [0, 0.1) is 5.82 Å². The summed E-state index contributed by atoms with van der Waals surface area (Å²) in [5.41, 5.74) is 0.847. The minimum Gasteiger partial charge on any atom is -0.467 e. The van der Waals surface area contributed by atoms with E-state index in [1.165, 1.54) is 18.5 Å². The molecule has 1 aromatic carbocycles. The maximum atomic E-state index is 13.5. The Balaban J connectivity index is 1.55. The molecule has 0 saturated carbocycles. The summed E-state index contributed by atoms with van der Waals surface area (Å²) in [7, 11) is 0. The predicted molar refractivity (Wildman–Crippen MR) is 85.6 cm³/mol. The summed E-state index contributed by atoms with van der Waals surface area (Å²) in [6.45, 7) is 0.551. The molecule has 24 heavy (non-hydrogen) atoms. The third kappa shape index (κ3) is 3.95. The van der Waals surface area contributed by atoms with Crippen LogP contribution in [-0.4, -0.2) is 15.9 Å². The number of benzene rings is 1. The zero-order valence-corrected chi connectivity index (χ0v) is 12.7. The van der Waals surface area contributed by atoms with Crippen molar-refractivity contribution in [3.05, 3.63) is 77.8 Å². The highest BCUT2D eigenvalue weighted by atomic mass is 19.1. The fourth-order valence-electron chi connectivity index (χ4n) is 2.04. The van der Waals surface area contributed by atoms with Gasteiger partial charge in [0.1, 0.15) is 11.6 Å². The third-order valence-corrected chi connectivity index (χ3v) is 3.31. The maximum Gasteiger partial charge on any atom is 0.254 e. The van der Waals surface area contributed by atoms with Gasteiger partial charge in [0.05, 0.1) is 18.4 Å². The molecule has 0 bridgehead atoms. The molecule has 0 atom stereocenters. The number of nitrogens with one attached hydrogen (secondary N) is 2. The van der Waals surface area contributed by atoms with E-state index in [-0.39, 0.29) is 18.3 Å². The van der Waals surface area contributed by atoms with Crippen LogP contribution >= 0.6 is 0 Å². The van der Waals surface area contributed by atoms with Gasteiger partial charge in [0.25, 0.3) is 5.91 Å². The first-order valence-corrected chi connectivity index (χ1v) is 7.32. The van der Waals surface area contributed by atoms with E-state index in [1.807, 2.05) is 0 Å². The van der Waals surface area contributed by atoms with Gasteiger partial charge in [-0.2, -0.15) is 0 Å². The number of halogens is 1. The molecule has 122 valence electrons. The van der Waals surface area contributed by atoms with Crippen LogP contribution in [0.15, 0.2) is 59.5 Å². The fourth-order valence-corrected chi connectivity index (χ4v) is 2.04. The Bertz CT molecular complexity index is 804. The van der Waals surface area contributed by atoms with Crippen molar-refractivity contribution >= 4 is 11.9 Å². The van der Waals surface area contributed by atoms with Crippen LogP contribution in [0.4, 0.5) is 10.3 Å². The van der Waals surface area contributed by atoms with Crippen molar-refractivity contribution in [1.29, 1.82) is 0 Å². The van der Waals surface area contributed by atoms with Crippen molar-refractivity contribution in [2.45, 2.75) is 13.1 Å². The van der Waals surface area contributed by atoms with Crippen molar-refractivity contribution in [1.82, 2.24) is 15.3 Å². The number of rotatable bonds is 6. The van der Waals surface area contributed by atoms with E-state index in [0.717, 1.165) is 0 Å². The highest BCUT2D eigenvalue weighted by Gasteiger charge is 2.08. The van der Waals surface area contributed by atoms with Crippen molar-refractivity contribution in [3.8, 4) is 0 Å². The van der Waals surface area contributed by atoms with E-state index in [1.54, 1.807) is 36.6 Å². The van der Waals surface area contributed by atoms with Crippen LogP contribution in [0.5, 0.6) is 0 Å². The van der Waals surface area contributed by atoms with Crippen LogP contribution in [0.25, 0.3) is 0 Å². The number of aromatic nitrogens is 2. The molecule has 0 fully saturated rings. The Labute approximate surface area is 137 Å². The molecular formula is C17H15FN4O2. The second-order valence-electron chi connectivity index (χ2n) is 5.00. The molecule has 0 unspecified atom stereocenters. The number of carbonyl (C=O) groups is 1. The largest absolute Gasteiger partial charge is 0.467 e. The van der Waals surface area contributed by atoms with E-state index >= 15 is 0 Å². The molecular weight excluding hydrogens is 311 g/mol. The zero-order valence-electron chi connectivity index (χ0n) is 12.7. The number of anilines is 1. The Kier molecular flexibility index (Phi) is 4.81. The standard InChI is InChI=1S/C17H15FN4O2/c18-15-6-2-1-4-12(15)8-20-17-21-9-13(10-22-17)16(23)19-11-14-5-3-7-24-14/h1-7,9-10H,8,11H2,(H,19,23)(H,20,21,22). The number of amides is 1. The van der Waals surface area contributed by atoms with E-state index in [4.69, 9.17) is 4.42 Å². The van der Waals surface area contributed by atoms with E-state index in [2.05, 4.69) is 20.6 Å². The second kappa shape index (κ2) is 7.36. The first-order chi connectivity index (χ1) is 11.7. The predicted octanol–water partition coefficient (Wildman–Crippen LogP) is 2.75. The monoisotopic (exact) mass is 326 g/mol. The Morgan fingerprint density at radius 3 is 2.58 bits per heavy atom. The summed E-state index contributed by atoms with van der Waals surface area (Å²) in [5, 5.41) is 5.62. The minimum atomic E-state index is -0.299. The SMILES string of the molecule is O=C(NCc1ccco1)c1cnc(NCc2ccccc2F)nc1. The van der Waals surface area contributed by atoms with Gasteiger partial charge in [-0.15, -0.1) is 0 Å². The van der Waals surface area contributed by atoms with Gasteiger partial charge in [0.2, 0.25) is 5.95 Å². The molecule has 6 nitrogen and oxygen atoms in total. The van der Waals surface area contributed by atoms with Crippen LogP contribution in [0.2, 0.25) is 0 Å². The van der Waals surface area contributed by atoms with Gasteiger partial charge >= 0.3 is 0 Å². The average Bonchev–Trinajstić information content (AvgIpc) is 3.13.